The molecule has 0 unspecified atom stereocenters. The van der Waals surface area contributed by atoms with Crippen molar-refractivity contribution in [1.29, 1.82) is 10.5 Å². The van der Waals surface area contributed by atoms with Crippen molar-refractivity contribution >= 4 is 21.6 Å². The predicted octanol–water partition coefficient (Wildman–Crippen LogP) is 6.91. The van der Waals surface area contributed by atoms with Gasteiger partial charge in [-0.15, -0.1) is 0 Å². The first-order valence-corrected chi connectivity index (χ1v) is 15.9. The quantitative estimate of drug-likeness (QED) is 0.155. The van der Waals surface area contributed by atoms with Crippen LogP contribution in [0.2, 0.25) is 5.02 Å². The lowest BCUT2D eigenvalue weighted by atomic mass is 9.80. The molecule has 0 bridgehead atoms. The smallest absolute Gasteiger partial charge is 0.244 e. The van der Waals surface area contributed by atoms with E-state index in [1.807, 2.05) is 23.0 Å². The fourth-order valence-corrected chi connectivity index (χ4v) is 7.89. The highest BCUT2D eigenvalue weighted by atomic mass is 35.5. The van der Waals surface area contributed by atoms with Gasteiger partial charge in [0.1, 0.15) is 35.5 Å². The van der Waals surface area contributed by atoms with Crippen LogP contribution in [0.25, 0.3) is 5.69 Å². The summed E-state index contributed by atoms with van der Waals surface area (Å²) < 4.78 is 50.0. The van der Waals surface area contributed by atoms with Crippen LogP contribution in [0.15, 0.2) is 89.0 Å². The second kappa shape index (κ2) is 11.9. The molecule has 0 amide bonds. The maximum atomic E-state index is 13.8. The topological polar surface area (TPSA) is 112 Å². The molecule has 0 fully saturated rings. The molecule has 2 aliphatic carbocycles. The van der Waals surface area contributed by atoms with Crippen molar-refractivity contribution in [2.24, 2.45) is 5.92 Å². The zero-order valence-corrected chi connectivity index (χ0v) is 25.3. The summed E-state index contributed by atoms with van der Waals surface area (Å²) >= 11 is 6.09. The molecule has 8 nitrogen and oxygen atoms in total. The highest BCUT2D eigenvalue weighted by molar-refractivity contribution is 7.89. The molecule has 4 aromatic rings. The lowest BCUT2D eigenvalue weighted by Crippen LogP contribution is -2.36. The van der Waals surface area contributed by atoms with Crippen LogP contribution in [0.5, 0.6) is 11.5 Å². The van der Waals surface area contributed by atoms with E-state index < -0.39 is 10.0 Å². The van der Waals surface area contributed by atoms with Gasteiger partial charge in [0, 0.05) is 24.4 Å². The van der Waals surface area contributed by atoms with Crippen molar-refractivity contribution in [2.45, 2.75) is 37.0 Å². The SMILES string of the molecule is C[C@@H]1C2=C(CC[C@@H]2CN(CC#N)S(=O)(=O)c2ccc(Oc3cccc(Cl)c3C#N)cc2)Cc2c1cnn2-c1ccc(F)cc1. The highest BCUT2D eigenvalue weighted by Crippen LogP contribution is 2.47. The first-order valence-electron chi connectivity index (χ1n) is 14.1. The number of aromatic nitrogens is 2. The molecular weight excluding hydrogens is 601 g/mol. The Kier molecular flexibility index (Phi) is 8.00. The number of benzene rings is 3. The summed E-state index contributed by atoms with van der Waals surface area (Å²) in [7, 11) is -4.00. The van der Waals surface area contributed by atoms with Gasteiger partial charge in [-0.3, -0.25) is 0 Å². The Morgan fingerprint density at radius 2 is 1.86 bits per heavy atom. The maximum Gasteiger partial charge on any atom is 0.244 e. The number of halogens is 2. The number of ether oxygens (including phenoxy) is 1. The van der Waals surface area contributed by atoms with E-state index in [4.69, 9.17) is 16.3 Å². The van der Waals surface area contributed by atoms with E-state index in [0.717, 1.165) is 29.8 Å². The summed E-state index contributed by atoms with van der Waals surface area (Å²) in [5, 5.41) is 23.8. The van der Waals surface area contributed by atoms with Gasteiger partial charge in [0.05, 0.1) is 33.6 Å². The fraction of sp³-hybridized carbons (Fsp3) is 0.242. The molecule has 2 aliphatic rings. The normalized spacial score (nSPS) is 17.6. The summed E-state index contributed by atoms with van der Waals surface area (Å²) in [5.74, 6) is 0.288. The number of hydrogen-bond acceptors (Lipinski definition) is 6. The molecule has 0 N–H and O–H groups in total. The van der Waals surface area contributed by atoms with Crippen molar-refractivity contribution in [3.63, 3.8) is 0 Å². The number of fused-ring (bicyclic) bond motifs is 1. The molecule has 3 aromatic carbocycles. The largest absolute Gasteiger partial charge is 0.456 e. The zero-order chi connectivity index (χ0) is 31.0. The molecule has 222 valence electrons. The third-order valence-electron chi connectivity index (χ3n) is 8.38. The van der Waals surface area contributed by atoms with Crippen molar-refractivity contribution in [1.82, 2.24) is 14.1 Å². The van der Waals surface area contributed by atoms with E-state index in [9.17, 15) is 23.3 Å². The Morgan fingerprint density at radius 1 is 1.11 bits per heavy atom. The van der Waals surface area contributed by atoms with Crippen molar-refractivity contribution < 1.29 is 17.5 Å². The Labute approximate surface area is 260 Å². The van der Waals surface area contributed by atoms with Gasteiger partial charge in [0.15, 0.2) is 0 Å². The molecule has 0 spiro atoms. The van der Waals surface area contributed by atoms with Gasteiger partial charge < -0.3 is 4.74 Å². The molecule has 0 saturated carbocycles. The minimum atomic E-state index is -4.00. The molecule has 6 rings (SSSR count). The van der Waals surface area contributed by atoms with Crippen LogP contribution in [0, 0.1) is 34.4 Å². The number of sulfonamides is 1. The van der Waals surface area contributed by atoms with Gasteiger partial charge in [0.25, 0.3) is 0 Å². The van der Waals surface area contributed by atoms with E-state index in [0.29, 0.717) is 12.2 Å². The van der Waals surface area contributed by atoms with Crippen molar-refractivity contribution in [3.8, 4) is 29.3 Å². The van der Waals surface area contributed by atoms with Crippen LogP contribution in [0.4, 0.5) is 4.39 Å². The summed E-state index contributed by atoms with van der Waals surface area (Å²) in [6, 6.07) is 21.0. The lowest BCUT2D eigenvalue weighted by Gasteiger charge is -2.30. The van der Waals surface area contributed by atoms with E-state index >= 15 is 0 Å². The number of hydrogen-bond donors (Lipinski definition) is 0. The van der Waals surface area contributed by atoms with Gasteiger partial charge in [-0.25, -0.2) is 17.5 Å². The second-order valence-corrected chi connectivity index (χ2v) is 13.2. The average molecular weight is 628 g/mol. The molecule has 11 heteroatoms. The van der Waals surface area contributed by atoms with Gasteiger partial charge in [-0.05, 0) is 79.4 Å². The molecule has 0 radical (unpaired) electrons. The summed E-state index contributed by atoms with van der Waals surface area (Å²) in [6.07, 6.45) is 4.15. The molecule has 2 atom stereocenters. The van der Waals surface area contributed by atoms with Crippen LogP contribution in [0.3, 0.4) is 0 Å². The molecule has 1 aromatic heterocycles. The fourth-order valence-electron chi connectivity index (χ4n) is 6.30. The van der Waals surface area contributed by atoms with Gasteiger partial charge >= 0.3 is 0 Å². The van der Waals surface area contributed by atoms with Crippen molar-refractivity contribution in [3.05, 3.63) is 112 Å². The van der Waals surface area contributed by atoms with Crippen LogP contribution in [-0.4, -0.2) is 35.6 Å². The number of allylic oxidation sites excluding steroid dienone is 1. The molecule has 1 heterocycles. The van der Waals surface area contributed by atoms with E-state index in [-0.39, 0.29) is 52.0 Å². The summed E-state index contributed by atoms with van der Waals surface area (Å²) in [5.41, 5.74) is 5.60. The van der Waals surface area contributed by atoms with Gasteiger partial charge in [0.2, 0.25) is 10.0 Å². The van der Waals surface area contributed by atoms with Crippen LogP contribution >= 0.6 is 11.6 Å². The first kappa shape index (κ1) is 29.6. The zero-order valence-electron chi connectivity index (χ0n) is 23.7. The van der Waals surface area contributed by atoms with E-state index in [2.05, 4.69) is 12.0 Å². The standard InChI is InChI=1S/C33H27ClFN5O3S/c1-21-29-19-38-40(25-9-7-24(35)8-10-25)31(29)17-22-5-6-23(33(21)22)20-39(16-15-36)44(41,42)27-13-11-26(12-14-27)43-32-4-2-3-30(34)28(32)18-37/h2-4,7-14,19,21,23H,5-6,16-17,20H2,1H3/t21-,23+/m0/s1. The number of nitrogens with zero attached hydrogens (tertiary/aromatic N) is 5. The molecule has 44 heavy (non-hydrogen) atoms. The second-order valence-electron chi connectivity index (χ2n) is 10.9. The van der Waals surface area contributed by atoms with E-state index in [1.165, 1.54) is 51.8 Å². The highest BCUT2D eigenvalue weighted by Gasteiger charge is 2.38. The third-order valence-corrected chi connectivity index (χ3v) is 10.5. The third kappa shape index (κ3) is 5.37. The molecular formula is C33H27ClFN5O3S. The maximum absolute atomic E-state index is 13.8. The molecule has 0 saturated heterocycles. The predicted molar refractivity (Wildman–Crippen MR) is 162 cm³/mol. The molecule has 0 aliphatic heterocycles. The van der Waals surface area contributed by atoms with Gasteiger partial charge in [-0.2, -0.15) is 19.9 Å². The Balaban J connectivity index is 1.22. The monoisotopic (exact) mass is 627 g/mol. The summed E-state index contributed by atoms with van der Waals surface area (Å²) in [6.45, 7) is 2.02. The van der Waals surface area contributed by atoms with Crippen LogP contribution in [-0.2, 0) is 16.4 Å². The summed E-state index contributed by atoms with van der Waals surface area (Å²) in [4.78, 5) is 0.0402. The Hall–Kier alpha value is -4.48. The van der Waals surface area contributed by atoms with Crippen LogP contribution in [0.1, 0.15) is 42.5 Å². The van der Waals surface area contributed by atoms with Crippen molar-refractivity contribution in [2.75, 3.05) is 13.1 Å². The van der Waals surface area contributed by atoms with Crippen LogP contribution < -0.4 is 4.74 Å². The minimum Gasteiger partial charge on any atom is -0.456 e. The Bertz CT molecular complexity index is 1960. The lowest BCUT2D eigenvalue weighted by molar-refractivity contribution is 0.383. The Morgan fingerprint density at radius 3 is 2.57 bits per heavy atom. The number of nitriles is 2. The minimum absolute atomic E-state index is 0.0308. The first-order chi connectivity index (χ1) is 21.2. The van der Waals surface area contributed by atoms with E-state index in [1.54, 1.807) is 30.3 Å². The average Bonchev–Trinajstić information content (AvgIpc) is 3.63. The number of rotatable bonds is 8. The van der Waals surface area contributed by atoms with Gasteiger partial charge in [-0.1, -0.05) is 35.7 Å².